The lowest BCUT2D eigenvalue weighted by Gasteiger charge is -2.27. The molecule has 0 atom stereocenters. The molecule has 6 nitrogen and oxygen atoms in total. The van der Waals surface area contributed by atoms with Crippen LogP contribution in [-0.4, -0.2) is 41.4 Å². The first kappa shape index (κ1) is 14.0. The van der Waals surface area contributed by atoms with E-state index in [1.807, 2.05) is 19.2 Å². The zero-order chi connectivity index (χ0) is 14.8. The van der Waals surface area contributed by atoms with Gasteiger partial charge in [-0.3, -0.25) is 0 Å². The summed E-state index contributed by atoms with van der Waals surface area (Å²) in [5.41, 5.74) is 2.77. The molecular formula is C15H20N4O2. The van der Waals surface area contributed by atoms with Crippen molar-refractivity contribution in [1.29, 1.82) is 0 Å². The first-order chi connectivity index (χ1) is 10.1. The summed E-state index contributed by atoms with van der Waals surface area (Å²) in [6.07, 6.45) is 1.84. The van der Waals surface area contributed by atoms with Crippen molar-refractivity contribution in [3.05, 3.63) is 23.7 Å². The highest BCUT2D eigenvalue weighted by molar-refractivity contribution is 5.61. The first-order valence-electron chi connectivity index (χ1n) is 7.28. The molecule has 0 spiro atoms. The second-order valence-corrected chi connectivity index (χ2v) is 5.56. The number of ether oxygens (including phenoxy) is 1. The quantitative estimate of drug-likeness (QED) is 0.864. The highest BCUT2D eigenvalue weighted by Gasteiger charge is 2.19. The molecule has 3 rings (SSSR count). The summed E-state index contributed by atoms with van der Waals surface area (Å²) >= 11 is 0. The van der Waals surface area contributed by atoms with Crippen LogP contribution in [-0.2, 0) is 4.74 Å². The van der Waals surface area contributed by atoms with Gasteiger partial charge >= 0.3 is 0 Å². The van der Waals surface area contributed by atoms with Gasteiger partial charge in [-0.15, -0.1) is 0 Å². The second kappa shape index (κ2) is 5.81. The molecule has 0 N–H and O–H groups in total. The second-order valence-electron chi connectivity index (χ2n) is 5.56. The third kappa shape index (κ3) is 2.90. The average Bonchev–Trinajstić information content (AvgIpc) is 2.94. The van der Waals surface area contributed by atoms with E-state index in [-0.39, 0.29) is 5.92 Å². The van der Waals surface area contributed by atoms with E-state index >= 15 is 0 Å². The van der Waals surface area contributed by atoms with Gasteiger partial charge in [0.05, 0.1) is 30.2 Å². The van der Waals surface area contributed by atoms with Gasteiger partial charge in [0.25, 0.3) is 0 Å². The zero-order valence-corrected chi connectivity index (χ0v) is 12.7. The maximum Gasteiger partial charge on any atom is 0.225 e. The van der Waals surface area contributed by atoms with Gasteiger partial charge in [-0.2, -0.15) is 0 Å². The van der Waals surface area contributed by atoms with E-state index in [1.54, 1.807) is 0 Å². The Balaban J connectivity index is 1.98. The van der Waals surface area contributed by atoms with Crippen LogP contribution in [0.4, 0.5) is 5.95 Å². The van der Waals surface area contributed by atoms with Crippen LogP contribution in [0.3, 0.4) is 0 Å². The van der Waals surface area contributed by atoms with Crippen LogP contribution in [0.1, 0.15) is 31.2 Å². The summed E-state index contributed by atoms with van der Waals surface area (Å²) in [4.78, 5) is 11.4. The molecule has 6 heteroatoms. The number of hydrogen-bond acceptors (Lipinski definition) is 6. The summed E-state index contributed by atoms with van der Waals surface area (Å²) < 4.78 is 10.7. The van der Waals surface area contributed by atoms with Crippen LogP contribution in [0.15, 0.2) is 16.8 Å². The van der Waals surface area contributed by atoms with Crippen molar-refractivity contribution in [2.24, 2.45) is 0 Å². The Morgan fingerprint density at radius 1 is 1.24 bits per heavy atom. The number of morpholine rings is 1. The minimum absolute atomic E-state index is 0.285. The van der Waals surface area contributed by atoms with Crippen LogP contribution in [0.2, 0.25) is 0 Å². The maximum absolute atomic E-state index is 5.37. The van der Waals surface area contributed by atoms with Gasteiger partial charge in [0.15, 0.2) is 5.76 Å². The molecule has 0 radical (unpaired) electrons. The number of aromatic nitrogens is 3. The van der Waals surface area contributed by atoms with Crippen LogP contribution < -0.4 is 4.90 Å². The molecule has 21 heavy (non-hydrogen) atoms. The summed E-state index contributed by atoms with van der Waals surface area (Å²) in [7, 11) is 0. The van der Waals surface area contributed by atoms with E-state index in [0.29, 0.717) is 0 Å². The third-order valence-electron chi connectivity index (χ3n) is 3.54. The molecule has 0 aliphatic carbocycles. The van der Waals surface area contributed by atoms with Crippen molar-refractivity contribution in [3.8, 4) is 11.3 Å². The molecule has 1 fully saturated rings. The van der Waals surface area contributed by atoms with E-state index in [4.69, 9.17) is 14.2 Å². The van der Waals surface area contributed by atoms with Crippen LogP contribution in [0.5, 0.6) is 0 Å². The number of aryl methyl sites for hydroxylation is 1. The first-order valence-corrected chi connectivity index (χ1v) is 7.28. The molecule has 112 valence electrons. The molecule has 0 amide bonds. The van der Waals surface area contributed by atoms with Crippen molar-refractivity contribution in [2.45, 2.75) is 26.7 Å². The molecule has 0 unspecified atom stereocenters. The number of nitrogens with zero attached hydrogens (tertiary/aromatic N) is 4. The van der Waals surface area contributed by atoms with Crippen LogP contribution >= 0.6 is 0 Å². The normalized spacial score (nSPS) is 15.7. The van der Waals surface area contributed by atoms with E-state index in [9.17, 15) is 0 Å². The molecule has 1 aliphatic rings. The van der Waals surface area contributed by atoms with Gasteiger partial charge in [-0.25, -0.2) is 9.97 Å². The topological polar surface area (TPSA) is 64.3 Å². The summed E-state index contributed by atoms with van der Waals surface area (Å²) in [6, 6.07) is 1.92. The molecule has 2 aromatic heterocycles. The lowest BCUT2D eigenvalue weighted by Crippen LogP contribution is -2.37. The Labute approximate surface area is 124 Å². The van der Waals surface area contributed by atoms with E-state index in [2.05, 4.69) is 28.9 Å². The lowest BCUT2D eigenvalue weighted by molar-refractivity contribution is 0.122. The highest BCUT2D eigenvalue weighted by Crippen LogP contribution is 2.29. The largest absolute Gasteiger partial charge is 0.378 e. The van der Waals surface area contributed by atoms with Crippen molar-refractivity contribution >= 4 is 5.95 Å². The molecule has 1 saturated heterocycles. The third-order valence-corrected chi connectivity index (χ3v) is 3.54. The van der Waals surface area contributed by atoms with Crippen LogP contribution in [0.25, 0.3) is 11.3 Å². The van der Waals surface area contributed by atoms with E-state index < -0.39 is 0 Å². The monoisotopic (exact) mass is 288 g/mol. The smallest absolute Gasteiger partial charge is 0.225 e. The molecule has 1 aliphatic heterocycles. The van der Waals surface area contributed by atoms with Crippen molar-refractivity contribution in [2.75, 3.05) is 31.2 Å². The maximum atomic E-state index is 5.37. The van der Waals surface area contributed by atoms with Crippen LogP contribution in [0, 0.1) is 6.92 Å². The predicted octanol–water partition coefficient (Wildman–Crippen LogP) is 2.40. The Kier molecular flexibility index (Phi) is 3.88. The number of hydrogen-bond donors (Lipinski definition) is 0. The van der Waals surface area contributed by atoms with Crippen molar-refractivity contribution in [3.63, 3.8) is 0 Å². The van der Waals surface area contributed by atoms with Gasteiger partial charge in [0.1, 0.15) is 0 Å². The van der Waals surface area contributed by atoms with Crippen molar-refractivity contribution < 1.29 is 9.26 Å². The fourth-order valence-electron chi connectivity index (χ4n) is 2.42. The van der Waals surface area contributed by atoms with Gasteiger partial charge in [-0.05, 0) is 12.8 Å². The molecule has 3 heterocycles. The van der Waals surface area contributed by atoms with Gasteiger partial charge in [0.2, 0.25) is 5.95 Å². The van der Waals surface area contributed by atoms with Gasteiger partial charge in [-0.1, -0.05) is 19.0 Å². The van der Waals surface area contributed by atoms with Gasteiger partial charge in [0, 0.05) is 25.4 Å². The minimum Gasteiger partial charge on any atom is -0.378 e. The highest BCUT2D eigenvalue weighted by atomic mass is 16.5. The Hall–Kier alpha value is -1.95. The van der Waals surface area contributed by atoms with Gasteiger partial charge < -0.3 is 14.2 Å². The Morgan fingerprint density at radius 3 is 2.62 bits per heavy atom. The minimum atomic E-state index is 0.285. The Bertz CT molecular complexity index is 618. The SMILES string of the molecule is Cc1cc(-c2cnc(N3CCOCC3)nc2C(C)C)on1. The molecule has 0 aromatic carbocycles. The molecule has 2 aromatic rings. The lowest BCUT2D eigenvalue weighted by atomic mass is 10.0. The van der Waals surface area contributed by atoms with E-state index in [0.717, 1.165) is 55.0 Å². The predicted molar refractivity (Wildman–Crippen MR) is 79.4 cm³/mol. The molecular weight excluding hydrogens is 268 g/mol. The fraction of sp³-hybridized carbons (Fsp3) is 0.533. The van der Waals surface area contributed by atoms with E-state index in [1.165, 1.54) is 0 Å². The van der Waals surface area contributed by atoms with Crippen molar-refractivity contribution in [1.82, 2.24) is 15.1 Å². The molecule has 0 bridgehead atoms. The zero-order valence-electron chi connectivity index (χ0n) is 12.7. The summed E-state index contributed by atoms with van der Waals surface area (Å²) in [5, 5.41) is 3.95. The standard InChI is InChI=1S/C15H20N4O2/c1-10(2)14-12(13-8-11(3)18-21-13)9-16-15(17-14)19-4-6-20-7-5-19/h8-10H,4-7H2,1-3H3. The number of rotatable bonds is 3. The average molecular weight is 288 g/mol. The molecule has 0 saturated carbocycles. The summed E-state index contributed by atoms with van der Waals surface area (Å²) in [6.45, 7) is 9.27. The fourth-order valence-corrected chi connectivity index (χ4v) is 2.42. The number of anilines is 1. The Morgan fingerprint density at radius 2 is 2.00 bits per heavy atom. The summed E-state index contributed by atoms with van der Waals surface area (Å²) in [5.74, 6) is 1.78.